The summed E-state index contributed by atoms with van der Waals surface area (Å²) in [5.41, 5.74) is 8.89. The van der Waals surface area contributed by atoms with Crippen LogP contribution in [-0.4, -0.2) is 71.6 Å². The maximum Gasteiger partial charge on any atom is 0.324 e. The highest BCUT2D eigenvalue weighted by Gasteiger charge is 2.36. The monoisotopic (exact) mass is 456 g/mol. The summed E-state index contributed by atoms with van der Waals surface area (Å²) >= 11 is 0. The van der Waals surface area contributed by atoms with E-state index in [1.807, 2.05) is 9.80 Å². The first-order chi connectivity index (χ1) is 15.9. The van der Waals surface area contributed by atoms with E-state index in [9.17, 15) is 14.4 Å². The van der Waals surface area contributed by atoms with Gasteiger partial charge >= 0.3 is 12.0 Å². The fourth-order valence-electron chi connectivity index (χ4n) is 5.62. The highest BCUT2D eigenvalue weighted by molar-refractivity contribution is 5.94. The molecule has 3 aliphatic rings. The van der Waals surface area contributed by atoms with Gasteiger partial charge in [-0.1, -0.05) is 6.07 Å². The number of rotatable bonds is 8. The number of benzene rings is 1. The van der Waals surface area contributed by atoms with E-state index in [1.165, 1.54) is 11.1 Å². The largest absolute Gasteiger partial charge is 0.481 e. The quantitative estimate of drug-likeness (QED) is 0.625. The van der Waals surface area contributed by atoms with Crippen molar-refractivity contribution in [1.82, 2.24) is 9.80 Å². The number of nitrogens with zero attached hydrogens (tertiary/aromatic N) is 3. The molecule has 3 amide bonds. The Morgan fingerprint density at radius 2 is 1.70 bits per heavy atom. The summed E-state index contributed by atoms with van der Waals surface area (Å²) in [6.07, 6.45) is 7.18. The van der Waals surface area contributed by atoms with Gasteiger partial charge in [0.25, 0.3) is 0 Å². The fourth-order valence-corrected chi connectivity index (χ4v) is 5.62. The summed E-state index contributed by atoms with van der Waals surface area (Å²) in [5, 5.41) is 8.91. The maximum atomic E-state index is 13.3. The summed E-state index contributed by atoms with van der Waals surface area (Å²) < 4.78 is 0. The molecule has 8 nitrogen and oxygen atoms in total. The molecule has 1 saturated heterocycles. The van der Waals surface area contributed by atoms with Crippen LogP contribution in [0.3, 0.4) is 0 Å². The molecule has 0 bridgehead atoms. The molecule has 0 unspecified atom stereocenters. The zero-order valence-electron chi connectivity index (χ0n) is 19.4. The molecule has 0 radical (unpaired) electrons. The number of hydrogen-bond acceptors (Lipinski definition) is 4. The number of anilines is 1. The molecule has 1 aliphatic carbocycles. The van der Waals surface area contributed by atoms with Crippen LogP contribution >= 0.6 is 0 Å². The molecule has 1 aromatic carbocycles. The molecular formula is C25H36N4O4. The average molecular weight is 457 g/mol. The zero-order valence-corrected chi connectivity index (χ0v) is 19.4. The van der Waals surface area contributed by atoms with E-state index in [2.05, 4.69) is 23.1 Å². The van der Waals surface area contributed by atoms with Crippen LogP contribution in [0.25, 0.3) is 0 Å². The number of hydrogen-bond donors (Lipinski definition) is 2. The van der Waals surface area contributed by atoms with Crippen LogP contribution in [0.5, 0.6) is 0 Å². The van der Waals surface area contributed by atoms with Crippen LogP contribution in [0.4, 0.5) is 10.5 Å². The zero-order chi connectivity index (χ0) is 23.4. The van der Waals surface area contributed by atoms with Crippen molar-refractivity contribution in [2.75, 3.05) is 37.6 Å². The van der Waals surface area contributed by atoms with Crippen molar-refractivity contribution in [2.45, 2.75) is 63.8 Å². The Bertz CT molecular complexity index is 881. The van der Waals surface area contributed by atoms with E-state index in [0.717, 1.165) is 70.3 Å². The molecule has 1 saturated carbocycles. The molecule has 33 heavy (non-hydrogen) atoms. The van der Waals surface area contributed by atoms with E-state index in [0.29, 0.717) is 25.4 Å². The van der Waals surface area contributed by atoms with Crippen molar-refractivity contribution in [2.24, 2.45) is 11.7 Å². The molecule has 8 heteroatoms. The molecule has 0 spiro atoms. The van der Waals surface area contributed by atoms with Gasteiger partial charge in [-0.25, -0.2) is 4.79 Å². The Kier molecular flexibility index (Phi) is 7.53. The predicted molar refractivity (Wildman–Crippen MR) is 126 cm³/mol. The minimum atomic E-state index is -0.721. The molecule has 1 aromatic rings. The van der Waals surface area contributed by atoms with Gasteiger partial charge in [-0.2, -0.15) is 0 Å². The van der Waals surface area contributed by atoms with Crippen LogP contribution in [0.2, 0.25) is 0 Å². The molecule has 0 atom stereocenters. The number of primary amides is 1. The summed E-state index contributed by atoms with van der Waals surface area (Å²) in [7, 11) is 0. The summed E-state index contributed by atoms with van der Waals surface area (Å²) in [6.45, 7) is 3.98. The summed E-state index contributed by atoms with van der Waals surface area (Å²) in [4.78, 5) is 41.4. The van der Waals surface area contributed by atoms with Gasteiger partial charge in [-0.15, -0.1) is 0 Å². The average Bonchev–Trinajstić information content (AvgIpc) is 3.06. The minimum Gasteiger partial charge on any atom is -0.481 e. The lowest BCUT2D eigenvalue weighted by Gasteiger charge is -2.34. The molecular weight excluding hydrogens is 420 g/mol. The molecule has 2 aliphatic heterocycles. The standard InChI is InChI=1S/C25H36N4O4/c26-23(30)11-14-27-12-9-19-4-7-22(17-20(19)10-13-27)29-16-15-28(25(29)33)21-5-1-18(2-6-21)3-8-24(31)32/h4,7,17-18,21H,1-3,5-6,8-16H2,(H2,26,30)(H,31,32). The van der Waals surface area contributed by atoms with Crippen molar-refractivity contribution >= 4 is 23.6 Å². The van der Waals surface area contributed by atoms with Crippen LogP contribution in [0, 0.1) is 5.92 Å². The van der Waals surface area contributed by atoms with Crippen LogP contribution in [0.1, 0.15) is 56.1 Å². The third-order valence-electron chi connectivity index (χ3n) is 7.64. The Hall–Kier alpha value is -2.61. The van der Waals surface area contributed by atoms with Crippen molar-refractivity contribution in [3.8, 4) is 0 Å². The number of fused-ring (bicyclic) bond motifs is 1. The highest BCUT2D eigenvalue weighted by atomic mass is 16.4. The number of aliphatic carboxylic acids is 1. The van der Waals surface area contributed by atoms with E-state index < -0.39 is 5.97 Å². The maximum absolute atomic E-state index is 13.3. The SMILES string of the molecule is NC(=O)CCN1CCc2ccc(N3CCN(C4CCC(CCC(=O)O)CC4)C3=O)cc2CC1. The van der Waals surface area contributed by atoms with Crippen molar-refractivity contribution < 1.29 is 19.5 Å². The lowest BCUT2D eigenvalue weighted by atomic mass is 9.83. The second-order valence-corrected chi connectivity index (χ2v) is 9.75. The van der Waals surface area contributed by atoms with E-state index in [1.54, 1.807) is 0 Å². The molecule has 2 heterocycles. The van der Waals surface area contributed by atoms with E-state index >= 15 is 0 Å². The number of carboxylic acids is 1. The Morgan fingerprint density at radius 3 is 2.39 bits per heavy atom. The summed E-state index contributed by atoms with van der Waals surface area (Å²) in [5.74, 6) is -0.509. The van der Waals surface area contributed by atoms with E-state index in [4.69, 9.17) is 10.8 Å². The van der Waals surface area contributed by atoms with Gasteiger partial charge in [0.2, 0.25) is 5.91 Å². The van der Waals surface area contributed by atoms with Gasteiger partial charge in [0.15, 0.2) is 0 Å². The van der Waals surface area contributed by atoms with Gasteiger partial charge in [-0.05, 0) is 74.1 Å². The third-order valence-corrected chi connectivity index (χ3v) is 7.64. The second-order valence-electron chi connectivity index (χ2n) is 9.75. The molecule has 180 valence electrons. The summed E-state index contributed by atoms with van der Waals surface area (Å²) in [6, 6.07) is 6.77. The number of carbonyl (C=O) groups is 3. The Labute approximate surface area is 195 Å². The van der Waals surface area contributed by atoms with Gasteiger partial charge in [0.1, 0.15) is 0 Å². The van der Waals surface area contributed by atoms with Crippen molar-refractivity contribution in [1.29, 1.82) is 0 Å². The molecule has 2 fully saturated rings. The van der Waals surface area contributed by atoms with Gasteiger partial charge in [-0.3, -0.25) is 14.5 Å². The number of amides is 3. The first-order valence-electron chi connectivity index (χ1n) is 12.3. The lowest BCUT2D eigenvalue weighted by Crippen LogP contribution is -2.41. The lowest BCUT2D eigenvalue weighted by molar-refractivity contribution is -0.137. The third kappa shape index (κ3) is 5.85. The minimum absolute atomic E-state index is 0.0978. The topological polar surface area (TPSA) is 107 Å². The van der Waals surface area contributed by atoms with Crippen molar-refractivity contribution in [3.63, 3.8) is 0 Å². The van der Waals surface area contributed by atoms with Gasteiger partial charge < -0.3 is 20.6 Å². The van der Waals surface area contributed by atoms with E-state index in [-0.39, 0.29) is 24.4 Å². The smallest absolute Gasteiger partial charge is 0.324 e. The van der Waals surface area contributed by atoms with Gasteiger partial charge in [0, 0.05) is 57.3 Å². The molecule has 4 rings (SSSR count). The first kappa shape index (κ1) is 23.5. The number of urea groups is 1. The van der Waals surface area contributed by atoms with Crippen LogP contribution in [-0.2, 0) is 22.4 Å². The second kappa shape index (κ2) is 10.5. The fraction of sp³-hybridized carbons (Fsp3) is 0.640. The van der Waals surface area contributed by atoms with Crippen LogP contribution < -0.4 is 10.6 Å². The number of carbonyl (C=O) groups excluding carboxylic acids is 2. The highest BCUT2D eigenvalue weighted by Crippen LogP contribution is 2.33. The number of carboxylic acid groups (broad SMARTS) is 1. The van der Waals surface area contributed by atoms with Crippen molar-refractivity contribution in [3.05, 3.63) is 29.3 Å². The molecule has 0 aromatic heterocycles. The number of nitrogens with two attached hydrogens (primary N) is 1. The normalized spacial score (nSPS) is 23.9. The van der Waals surface area contributed by atoms with Crippen LogP contribution in [0.15, 0.2) is 18.2 Å². The Balaban J connectivity index is 1.33. The Morgan fingerprint density at radius 1 is 0.970 bits per heavy atom. The molecule has 3 N–H and O–H groups in total. The predicted octanol–water partition coefficient (Wildman–Crippen LogP) is 2.63. The first-order valence-corrected chi connectivity index (χ1v) is 12.3. The van der Waals surface area contributed by atoms with Gasteiger partial charge in [0.05, 0.1) is 0 Å².